The lowest BCUT2D eigenvalue weighted by Crippen LogP contribution is -2.32. The molecular formula is C22H25N3O3. The highest BCUT2D eigenvalue weighted by Gasteiger charge is 2.19. The van der Waals surface area contributed by atoms with Gasteiger partial charge in [-0.15, -0.1) is 10.2 Å². The van der Waals surface area contributed by atoms with E-state index < -0.39 is 0 Å². The number of nitrogens with zero attached hydrogens (tertiary/aromatic N) is 3. The average Bonchev–Trinajstić information content (AvgIpc) is 3.39. The van der Waals surface area contributed by atoms with Crippen LogP contribution in [-0.4, -0.2) is 27.5 Å². The van der Waals surface area contributed by atoms with Gasteiger partial charge in [0.05, 0.1) is 19.2 Å². The van der Waals surface area contributed by atoms with Crippen LogP contribution in [0.1, 0.15) is 48.8 Å². The van der Waals surface area contributed by atoms with Crippen LogP contribution >= 0.6 is 0 Å². The summed E-state index contributed by atoms with van der Waals surface area (Å²) in [6, 6.07) is 10.0. The molecule has 4 rings (SSSR count). The van der Waals surface area contributed by atoms with Gasteiger partial charge in [-0.3, -0.25) is 4.79 Å². The van der Waals surface area contributed by atoms with Gasteiger partial charge in [-0.2, -0.15) is 0 Å². The van der Waals surface area contributed by atoms with E-state index in [4.69, 9.17) is 8.83 Å². The molecule has 6 nitrogen and oxygen atoms in total. The van der Waals surface area contributed by atoms with Crippen LogP contribution in [0, 0.1) is 0 Å². The molecule has 0 N–H and O–H groups in total. The van der Waals surface area contributed by atoms with Crippen molar-refractivity contribution in [1.29, 1.82) is 0 Å². The topological polar surface area (TPSA) is 72.4 Å². The van der Waals surface area contributed by atoms with E-state index in [0.717, 1.165) is 24.8 Å². The zero-order valence-corrected chi connectivity index (χ0v) is 16.2. The van der Waals surface area contributed by atoms with Gasteiger partial charge in [-0.05, 0) is 60.9 Å². The van der Waals surface area contributed by atoms with Crippen molar-refractivity contribution in [2.75, 3.05) is 6.54 Å². The lowest BCUT2D eigenvalue weighted by atomic mass is 9.90. The molecule has 1 amide bonds. The van der Waals surface area contributed by atoms with E-state index in [-0.39, 0.29) is 5.91 Å². The van der Waals surface area contributed by atoms with Crippen molar-refractivity contribution < 1.29 is 13.6 Å². The molecule has 0 saturated heterocycles. The first-order chi connectivity index (χ1) is 13.7. The summed E-state index contributed by atoms with van der Waals surface area (Å²) in [7, 11) is 0. The molecule has 28 heavy (non-hydrogen) atoms. The number of aryl methyl sites for hydroxylation is 2. The van der Waals surface area contributed by atoms with Crippen LogP contribution in [-0.2, 0) is 30.6 Å². The van der Waals surface area contributed by atoms with Crippen LogP contribution in [0.25, 0.3) is 11.7 Å². The first-order valence-corrected chi connectivity index (χ1v) is 9.97. The van der Waals surface area contributed by atoms with E-state index in [1.165, 1.54) is 24.0 Å². The monoisotopic (exact) mass is 379 g/mol. The second-order valence-corrected chi connectivity index (χ2v) is 7.28. The number of benzene rings is 1. The number of carbonyl (C=O) groups is 1. The number of carbonyl (C=O) groups excluding carboxylic acids is 1. The van der Waals surface area contributed by atoms with Crippen LogP contribution in [0.3, 0.4) is 0 Å². The number of aromatic nitrogens is 2. The molecule has 0 saturated carbocycles. The lowest BCUT2D eigenvalue weighted by Gasteiger charge is -2.21. The number of amides is 1. The molecule has 0 spiro atoms. The smallest absolute Gasteiger partial charge is 0.283 e. The molecule has 2 heterocycles. The van der Waals surface area contributed by atoms with Crippen molar-refractivity contribution in [3.8, 4) is 11.7 Å². The lowest BCUT2D eigenvalue weighted by molar-refractivity contribution is -0.131. The Labute approximate surface area is 164 Å². The Hall–Kier alpha value is -2.89. The van der Waals surface area contributed by atoms with E-state index in [1.54, 1.807) is 23.3 Å². The van der Waals surface area contributed by atoms with Crippen molar-refractivity contribution in [3.63, 3.8) is 0 Å². The van der Waals surface area contributed by atoms with Gasteiger partial charge in [0, 0.05) is 6.54 Å². The maximum Gasteiger partial charge on any atom is 0.283 e. The molecule has 1 aliphatic carbocycles. The third kappa shape index (κ3) is 4.16. The molecule has 146 valence electrons. The van der Waals surface area contributed by atoms with E-state index in [2.05, 4.69) is 35.3 Å². The molecule has 1 aliphatic rings. The normalized spacial score (nSPS) is 13.3. The highest BCUT2D eigenvalue weighted by atomic mass is 16.4. The van der Waals surface area contributed by atoms with Crippen LogP contribution in [0.15, 0.2) is 45.4 Å². The summed E-state index contributed by atoms with van der Waals surface area (Å²) in [5, 5.41) is 8.09. The Morgan fingerprint density at radius 2 is 2.00 bits per heavy atom. The minimum Gasteiger partial charge on any atom is -0.459 e. The molecule has 2 aromatic heterocycles. The number of hydrogen-bond acceptors (Lipinski definition) is 5. The summed E-state index contributed by atoms with van der Waals surface area (Å²) in [6.45, 7) is 3.02. The standard InChI is InChI=1S/C22H25N3O3/c1-2-11-25(15-20-23-24-22(28-20)19-8-5-12-27-19)21(26)14-16-9-10-17-6-3-4-7-18(17)13-16/h5,8-10,12-13H,2-4,6-7,11,14-15H2,1H3. The fourth-order valence-corrected chi connectivity index (χ4v) is 3.73. The highest BCUT2D eigenvalue weighted by molar-refractivity contribution is 5.78. The molecule has 0 fully saturated rings. The minimum atomic E-state index is 0.0790. The third-order valence-corrected chi connectivity index (χ3v) is 5.14. The molecule has 0 aliphatic heterocycles. The number of furan rings is 1. The molecule has 0 bridgehead atoms. The largest absolute Gasteiger partial charge is 0.459 e. The second kappa shape index (κ2) is 8.42. The van der Waals surface area contributed by atoms with Gasteiger partial charge in [0.1, 0.15) is 0 Å². The summed E-state index contributed by atoms with van der Waals surface area (Å²) in [6.07, 6.45) is 7.60. The van der Waals surface area contributed by atoms with Crippen molar-refractivity contribution in [2.45, 2.75) is 52.0 Å². The quantitative estimate of drug-likeness (QED) is 0.615. The summed E-state index contributed by atoms with van der Waals surface area (Å²) in [5.74, 6) is 1.36. The Morgan fingerprint density at radius 3 is 2.79 bits per heavy atom. The molecule has 0 unspecified atom stereocenters. The molecule has 6 heteroatoms. The first kappa shape index (κ1) is 18.5. The predicted molar refractivity (Wildman–Crippen MR) is 104 cm³/mol. The van der Waals surface area contributed by atoms with E-state index in [0.29, 0.717) is 37.1 Å². The third-order valence-electron chi connectivity index (χ3n) is 5.14. The first-order valence-electron chi connectivity index (χ1n) is 9.97. The maximum atomic E-state index is 12.9. The van der Waals surface area contributed by atoms with Crippen LogP contribution in [0.5, 0.6) is 0 Å². The van der Waals surface area contributed by atoms with Gasteiger partial charge < -0.3 is 13.7 Å². The van der Waals surface area contributed by atoms with E-state index in [9.17, 15) is 4.79 Å². The Balaban J connectivity index is 1.44. The van der Waals surface area contributed by atoms with Gasteiger partial charge in [0.15, 0.2) is 5.76 Å². The maximum absolute atomic E-state index is 12.9. The van der Waals surface area contributed by atoms with Crippen molar-refractivity contribution in [2.24, 2.45) is 0 Å². The second-order valence-electron chi connectivity index (χ2n) is 7.28. The van der Waals surface area contributed by atoms with E-state index in [1.807, 2.05) is 0 Å². The van der Waals surface area contributed by atoms with Gasteiger partial charge in [0.2, 0.25) is 11.8 Å². The SMILES string of the molecule is CCCN(Cc1nnc(-c2ccco2)o1)C(=O)Cc1ccc2c(c1)CCCC2. The molecule has 0 atom stereocenters. The molecular weight excluding hydrogens is 354 g/mol. The number of rotatable bonds is 7. The van der Waals surface area contributed by atoms with Crippen molar-refractivity contribution in [3.05, 3.63) is 59.2 Å². The Morgan fingerprint density at radius 1 is 1.14 bits per heavy atom. The van der Waals surface area contributed by atoms with Crippen molar-refractivity contribution in [1.82, 2.24) is 15.1 Å². The molecule has 0 radical (unpaired) electrons. The van der Waals surface area contributed by atoms with Gasteiger partial charge in [-0.25, -0.2) is 0 Å². The van der Waals surface area contributed by atoms with Gasteiger partial charge in [0.25, 0.3) is 5.89 Å². The van der Waals surface area contributed by atoms with Gasteiger partial charge >= 0.3 is 0 Å². The van der Waals surface area contributed by atoms with Crippen molar-refractivity contribution >= 4 is 5.91 Å². The Bertz CT molecular complexity index is 930. The minimum absolute atomic E-state index is 0.0790. The summed E-state index contributed by atoms with van der Waals surface area (Å²) in [4.78, 5) is 14.7. The highest BCUT2D eigenvalue weighted by Crippen LogP contribution is 2.23. The Kier molecular flexibility index (Phi) is 5.55. The summed E-state index contributed by atoms with van der Waals surface area (Å²) in [5.41, 5.74) is 3.91. The van der Waals surface area contributed by atoms with Crippen LogP contribution in [0.4, 0.5) is 0 Å². The van der Waals surface area contributed by atoms with Crippen LogP contribution in [0.2, 0.25) is 0 Å². The predicted octanol–water partition coefficient (Wildman–Crippen LogP) is 4.19. The fourth-order valence-electron chi connectivity index (χ4n) is 3.73. The zero-order chi connectivity index (χ0) is 19.3. The van der Waals surface area contributed by atoms with E-state index >= 15 is 0 Å². The molecule has 1 aromatic carbocycles. The zero-order valence-electron chi connectivity index (χ0n) is 16.2. The number of hydrogen-bond donors (Lipinski definition) is 0. The summed E-state index contributed by atoms with van der Waals surface area (Å²) >= 11 is 0. The average molecular weight is 379 g/mol. The van der Waals surface area contributed by atoms with Gasteiger partial charge in [-0.1, -0.05) is 25.1 Å². The fraction of sp³-hybridized carbons (Fsp3) is 0.409. The summed E-state index contributed by atoms with van der Waals surface area (Å²) < 4.78 is 11.0. The number of fused-ring (bicyclic) bond motifs is 1. The van der Waals surface area contributed by atoms with Crippen LogP contribution < -0.4 is 0 Å². The molecule has 3 aromatic rings.